The number of nitro benzene ring substituents is 1. The van der Waals surface area contributed by atoms with Crippen LogP contribution in [0.2, 0.25) is 0 Å². The number of carboxylic acids is 1. The standard InChI is InChI=1S/C12H14N2O4/c1-3-7-13(4-2)11-8-9(12(15)16)5-6-10(11)14(17)18/h3,5-6,8H,1,4,7H2,2H3,(H,15,16). The van der Waals surface area contributed by atoms with Crippen molar-refractivity contribution in [3.63, 3.8) is 0 Å². The molecule has 1 aromatic carbocycles. The van der Waals surface area contributed by atoms with Crippen LogP contribution in [-0.2, 0) is 0 Å². The first-order valence-corrected chi connectivity index (χ1v) is 5.38. The maximum absolute atomic E-state index is 10.9. The van der Waals surface area contributed by atoms with E-state index < -0.39 is 10.9 Å². The molecular formula is C12H14N2O4. The molecule has 1 rings (SSSR count). The average molecular weight is 250 g/mol. The summed E-state index contributed by atoms with van der Waals surface area (Å²) in [6.45, 7) is 6.35. The van der Waals surface area contributed by atoms with Crippen LogP contribution in [0.1, 0.15) is 17.3 Å². The molecule has 6 heteroatoms. The summed E-state index contributed by atoms with van der Waals surface area (Å²) >= 11 is 0. The van der Waals surface area contributed by atoms with Crippen LogP contribution in [0, 0.1) is 10.1 Å². The maximum atomic E-state index is 10.9. The number of likely N-dealkylation sites (N-methyl/N-ethyl adjacent to an activating group) is 1. The zero-order chi connectivity index (χ0) is 13.7. The van der Waals surface area contributed by atoms with Gasteiger partial charge in [0.25, 0.3) is 5.69 Å². The summed E-state index contributed by atoms with van der Waals surface area (Å²) in [7, 11) is 0. The predicted octanol–water partition coefficient (Wildman–Crippen LogP) is 2.31. The van der Waals surface area contributed by atoms with Crippen molar-refractivity contribution in [1.29, 1.82) is 0 Å². The number of hydrogen-bond acceptors (Lipinski definition) is 4. The van der Waals surface area contributed by atoms with E-state index in [1.165, 1.54) is 18.2 Å². The van der Waals surface area contributed by atoms with Crippen molar-refractivity contribution < 1.29 is 14.8 Å². The van der Waals surface area contributed by atoms with Crippen LogP contribution in [0.25, 0.3) is 0 Å². The molecule has 18 heavy (non-hydrogen) atoms. The van der Waals surface area contributed by atoms with Crippen LogP contribution >= 0.6 is 0 Å². The lowest BCUT2D eigenvalue weighted by atomic mass is 10.1. The minimum Gasteiger partial charge on any atom is -0.478 e. The summed E-state index contributed by atoms with van der Waals surface area (Å²) < 4.78 is 0. The molecule has 0 atom stereocenters. The largest absolute Gasteiger partial charge is 0.478 e. The Morgan fingerprint density at radius 1 is 1.61 bits per heavy atom. The van der Waals surface area contributed by atoms with Gasteiger partial charge < -0.3 is 10.0 Å². The Morgan fingerprint density at radius 2 is 2.28 bits per heavy atom. The molecule has 0 heterocycles. The van der Waals surface area contributed by atoms with Crippen LogP contribution in [0.15, 0.2) is 30.9 Å². The van der Waals surface area contributed by atoms with E-state index in [4.69, 9.17) is 5.11 Å². The summed E-state index contributed by atoms with van der Waals surface area (Å²) in [5.74, 6) is -1.11. The van der Waals surface area contributed by atoms with Crippen LogP contribution in [0.3, 0.4) is 0 Å². The van der Waals surface area contributed by atoms with Crippen LogP contribution in [0.4, 0.5) is 11.4 Å². The number of rotatable bonds is 6. The highest BCUT2D eigenvalue weighted by Gasteiger charge is 2.20. The highest BCUT2D eigenvalue weighted by atomic mass is 16.6. The molecular weight excluding hydrogens is 236 g/mol. The van der Waals surface area contributed by atoms with Crippen LogP contribution in [-0.4, -0.2) is 29.1 Å². The minimum atomic E-state index is -1.11. The second kappa shape index (κ2) is 5.81. The fourth-order valence-corrected chi connectivity index (χ4v) is 1.62. The van der Waals surface area contributed by atoms with Crippen molar-refractivity contribution in [1.82, 2.24) is 0 Å². The predicted molar refractivity (Wildman–Crippen MR) is 68.1 cm³/mol. The van der Waals surface area contributed by atoms with E-state index in [-0.39, 0.29) is 11.3 Å². The van der Waals surface area contributed by atoms with Gasteiger partial charge in [0, 0.05) is 19.2 Å². The Hall–Kier alpha value is -2.37. The first-order chi connectivity index (χ1) is 8.51. The van der Waals surface area contributed by atoms with Crippen molar-refractivity contribution in [3.05, 3.63) is 46.5 Å². The lowest BCUT2D eigenvalue weighted by Crippen LogP contribution is -2.23. The number of carboxylic acid groups (broad SMARTS) is 1. The molecule has 0 spiro atoms. The summed E-state index contributed by atoms with van der Waals surface area (Å²) in [5, 5.41) is 19.8. The van der Waals surface area contributed by atoms with Crippen LogP contribution < -0.4 is 4.90 Å². The van der Waals surface area contributed by atoms with Crippen molar-refractivity contribution in [2.75, 3.05) is 18.0 Å². The number of aromatic carboxylic acids is 1. The minimum absolute atomic E-state index is 0.0260. The molecule has 6 nitrogen and oxygen atoms in total. The topological polar surface area (TPSA) is 83.7 Å². The van der Waals surface area contributed by atoms with Gasteiger partial charge in [-0.2, -0.15) is 0 Å². The van der Waals surface area contributed by atoms with Gasteiger partial charge >= 0.3 is 5.97 Å². The average Bonchev–Trinajstić information content (AvgIpc) is 2.35. The molecule has 0 saturated carbocycles. The Kier molecular flexibility index (Phi) is 4.42. The fraction of sp³-hybridized carbons (Fsp3) is 0.250. The van der Waals surface area contributed by atoms with E-state index in [1.807, 2.05) is 6.92 Å². The first kappa shape index (κ1) is 13.7. The van der Waals surface area contributed by atoms with Crippen LogP contribution in [0.5, 0.6) is 0 Å². The second-order valence-electron chi connectivity index (χ2n) is 3.59. The molecule has 0 aliphatic carbocycles. The summed E-state index contributed by atoms with van der Waals surface area (Å²) in [5.41, 5.74) is 0.212. The molecule has 0 aliphatic heterocycles. The third-order valence-corrected chi connectivity index (χ3v) is 2.49. The summed E-state index contributed by atoms with van der Waals surface area (Å²) in [6.07, 6.45) is 1.61. The molecule has 0 aliphatic rings. The van der Waals surface area contributed by atoms with E-state index in [9.17, 15) is 14.9 Å². The molecule has 0 fully saturated rings. The van der Waals surface area contributed by atoms with Gasteiger partial charge in [0.05, 0.1) is 10.5 Å². The van der Waals surface area contributed by atoms with Gasteiger partial charge in [-0.3, -0.25) is 10.1 Å². The quantitative estimate of drug-likeness (QED) is 0.475. The van der Waals surface area contributed by atoms with Crippen molar-refractivity contribution in [2.45, 2.75) is 6.92 Å². The van der Waals surface area contributed by atoms with Gasteiger partial charge in [-0.25, -0.2) is 4.79 Å². The van der Waals surface area contributed by atoms with Gasteiger partial charge in [0.15, 0.2) is 0 Å². The SMILES string of the molecule is C=CCN(CC)c1cc(C(=O)O)ccc1[N+](=O)[O-]. The number of nitro groups is 1. The first-order valence-electron chi connectivity index (χ1n) is 5.38. The third-order valence-electron chi connectivity index (χ3n) is 2.49. The molecule has 0 unspecified atom stereocenters. The summed E-state index contributed by atoms with van der Waals surface area (Å²) in [4.78, 5) is 23.0. The fourth-order valence-electron chi connectivity index (χ4n) is 1.62. The molecule has 96 valence electrons. The number of benzene rings is 1. The Labute approximate surface area is 104 Å². The maximum Gasteiger partial charge on any atom is 0.335 e. The Bertz CT molecular complexity index is 485. The van der Waals surface area contributed by atoms with E-state index in [1.54, 1.807) is 11.0 Å². The normalized spacial score (nSPS) is 9.83. The number of hydrogen-bond donors (Lipinski definition) is 1. The second-order valence-corrected chi connectivity index (χ2v) is 3.59. The van der Waals surface area contributed by atoms with Crippen molar-refractivity contribution in [3.8, 4) is 0 Å². The van der Waals surface area contributed by atoms with E-state index in [0.717, 1.165) is 0 Å². The van der Waals surface area contributed by atoms with Gasteiger partial charge in [0.1, 0.15) is 5.69 Å². The highest BCUT2D eigenvalue weighted by Crippen LogP contribution is 2.29. The molecule has 0 saturated heterocycles. The van der Waals surface area contributed by atoms with Crippen molar-refractivity contribution >= 4 is 17.3 Å². The molecule has 0 amide bonds. The van der Waals surface area contributed by atoms with Gasteiger partial charge in [-0.05, 0) is 19.1 Å². The van der Waals surface area contributed by atoms with Gasteiger partial charge in [-0.1, -0.05) is 6.08 Å². The Balaban J connectivity index is 3.34. The lowest BCUT2D eigenvalue weighted by molar-refractivity contribution is -0.384. The summed E-state index contributed by atoms with van der Waals surface area (Å²) in [6, 6.07) is 3.75. The Morgan fingerprint density at radius 3 is 2.72 bits per heavy atom. The molecule has 1 aromatic rings. The number of anilines is 1. The van der Waals surface area contributed by atoms with Gasteiger partial charge in [-0.15, -0.1) is 6.58 Å². The smallest absolute Gasteiger partial charge is 0.335 e. The zero-order valence-electron chi connectivity index (χ0n) is 10.00. The number of carbonyl (C=O) groups is 1. The molecule has 0 aromatic heterocycles. The molecule has 0 bridgehead atoms. The molecule has 1 N–H and O–H groups in total. The lowest BCUT2D eigenvalue weighted by Gasteiger charge is -2.21. The van der Waals surface area contributed by atoms with Gasteiger partial charge in [0.2, 0.25) is 0 Å². The third kappa shape index (κ3) is 2.85. The monoisotopic (exact) mass is 250 g/mol. The van der Waals surface area contributed by atoms with Crippen molar-refractivity contribution in [2.24, 2.45) is 0 Å². The molecule has 0 radical (unpaired) electrons. The highest BCUT2D eigenvalue weighted by molar-refractivity contribution is 5.90. The van der Waals surface area contributed by atoms with E-state index in [2.05, 4.69) is 6.58 Å². The zero-order valence-corrected chi connectivity index (χ0v) is 10.00. The van der Waals surface area contributed by atoms with E-state index >= 15 is 0 Å². The number of nitrogens with zero attached hydrogens (tertiary/aromatic N) is 2. The van der Waals surface area contributed by atoms with E-state index in [0.29, 0.717) is 18.8 Å².